The van der Waals surface area contributed by atoms with Gasteiger partial charge in [0.05, 0.1) is 16.9 Å². The van der Waals surface area contributed by atoms with E-state index in [1.807, 2.05) is 11.0 Å². The second kappa shape index (κ2) is 5.42. The number of nitrogens with zero attached hydrogens (tertiary/aromatic N) is 3. The first-order chi connectivity index (χ1) is 11.1. The minimum Gasteiger partial charge on any atom is -0.310 e. The number of hydrogen-bond donors (Lipinski definition) is 1. The molecule has 5 heteroatoms. The Morgan fingerprint density at radius 2 is 2.22 bits per heavy atom. The van der Waals surface area contributed by atoms with Crippen LogP contribution in [0.2, 0.25) is 0 Å². The smallest absolute Gasteiger partial charge is 0.248 e. The zero-order chi connectivity index (χ0) is 16.0. The van der Waals surface area contributed by atoms with E-state index in [0.717, 1.165) is 49.4 Å². The number of hydrogen-bond acceptors (Lipinski definition) is 4. The van der Waals surface area contributed by atoms with E-state index in [4.69, 9.17) is 4.99 Å². The third kappa shape index (κ3) is 2.22. The van der Waals surface area contributed by atoms with Gasteiger partial charge in [-0.25, -0.2) is 0 Å². The molecular weight excluding hydrogens is 288 g/mol. The van der Waals surface area contributed by atoms with Gasteiger partial charge in [-0.3, -0.25) is 14.7 Å². The number of carbonyl (C=O) groups is 1. The second-order valence-electron chi connectivity index (χ2n) is 6.96. The Balaban J connectivity index is 1.81. The molecule has 1 amide bonds. The largest absolute Gasteiger partial charge is 0.310 e. The van der Waals surface area contributed by atoms with Crippen LogP contribution in [0.25, 0.3) is 0 Å². The molecule has 1 N–H and O–H groups in total. The molecule has 0 unspecified atom stereocenters. The molecule has 0 aliphatic carbocycles. The number of fused-ring (bicyclic) bond motifs is 3. The summed E-state index contributed by atoms with van der Waals surface area (Å²) in [5, 5.41) is 3.70. The van der Waals surface area contributed by atoms with Gasteiger partial charge in [0.2, 0.25) is 5.91 Å². The maximum atomic E-state index is 12.6. The second-order valence-corrected chi connectivity index (χ2v) is 6.96. The van der Waals surface area contributed by atoms with E-state index in [-0.39, 0.29) is 18.0 Å². The summed E-state index contributed by atoms with van der Waals surface area (Å²) in [4.78, 5) is 21.7. The fourth-order valence-corrected chi connectivity index (χ4v) is 4.34. The molecule has 3 heterocycles. The molecule has 2 fully saturated rings. The van der Waals surface area contributed by atoms with Crippen molar-refractivity contribution >= 4 is 17.3 Å². The number of benzene rings is 1. The third-order valence-electron chi connectivity index (χ3n) is 5.43. The average Bonchev–Trinajstić information content (AvgIpc) is 3.07. The number of aliphatic imine (C=N–C) groups is 1. The average molecular weight is 312 g/mol. The van der Waals surface area contributed by atoms with Crippen molar-refractivity contribution in [2.75, 3.05) is 38.1 Å². The normalized spacial score (nSPS) is 30.3. The molecule has 4 rings (SSSR count). The van der Waals surface area contributed by atoms with E-state index in [0.29, 0.717) is 6.04 Å². The number of likely N-dealkylation sites (N-methyl/N-ethyl adjacent to an activating group) is 1. The lowest BCUT2D eigenvalue weighted by Crippen LogP contribution is -2.55. The Bertz CT molecular complexity index is 667. The highest BCUT2D eigenvalue weighted by molar-refractivity contribution is 6.16. The minimum absolute atomic E-state index is 0.0992. The van der Waals surface area contributed by atoms with Gasteiger partial charge in [0.1, 0.15) is 6.54 Å². The van der Waals surface area contributed by atoms with Gasteiger partial charge in [-0.1, -0.05) is 25.1 Å². The lowest BCUT2D eigenvalue weighted by molar-refractivity contribution is -0.117. The third-order valence-corrected chi connectivity index (χ3v) is 5.43. The van der Waals surface area contributed by atoms with Gasteiger partial charge >= 0.3 is 0 Å². The number of para-hydroxylation sites is 1. The topological polar surface area (TPSA) is 47.9 Å². The first kappa shape index (κ1) is 14.8. The molecule has 3 aliphatic heterocycles. The number of likely N-dealkylation sites (tertiary alicyclic amines) is 1. The van der Waals surface area contributed by atoms with Crippen LogP contribution in [0.4, 0.5) is 5.69 Å². The van der Waals surface area contributed by atoms with Crippen LogP contribution < -0.4 is 10.2 Å². The van der Waals surface area contributed by atoms with Gasteiger partial charge in [-0.15, -0.1) is 0 Å². The minimum atomic E-state index is -0.0992. The fraction of sp³-hybridized carbons (Fsp3) is 0.556. The first-order valence-corrected chi connectivity index (χ1v) is 8.54. The predicted octanol–water partition coefficient (Wildman–Crippen LogP) is 1.28. The van der Waals surface area contributed by atoms with Gasteiger partial charge in [0.25, 0.3) is 0 Å². The van der Waals surface area contributed by atoms with Crippen LogP contribution in [0, 0.1) is 0 Å². The van der Waals surface area contributed by atoms with Gasteiger partial charge in [-0.2, -0.15) is 0 Å². The van der Waals surface area contributed by atoms with Gasteiger partial charge < -0.3 is 10.2 Å². The van der Waals surface area contributed by atoms with Crippen LogP contribution in [-0.4, -0.2) is 61.3 Å². The number of benzodiazepines with no additional fused rings is 1. The Hall–Kier alpha value is -1.72. The van der Waals surface area contributed by atoms with E-state index < -0.39 is 0 Å². The van der Waals surface area contributed by atoms with Gasteiger partial charge in [-0.05, 0) is 26.0 Å². The van der Waals surface area contributed by atoms with E-state index in [1.165, 1.54) is 0 Å². The Morgan fingerprint density at radius 3 is 2.91 bits per heavy atom. The Morgan fingerprint density at radius 1 is 1.39 bits per heavy atom. The summed E-state index contributed by atoms with van der Waals surface area (Å²) in [7, 11) is 2.19. The van der Waals surface area contributed by atoms with Crippen molar-refractivity contribution in [3.05, 3.63) is 29.8 Å². The lowest BCUT2D eigenvalue weighted by atomic mass is 9.87. The van der Waals surface area contributed by atoms with Crippen LogP contribution >= 0.6 is 0 Å². The van der Waals surface area contributed by atoms with E-state index in [9.17, 15) is 4.79 Å². The summed E-state index contributed by atoms with van der Waals surface area (Å²) in [6.45, 7) is 5.08. The molecule has 3 aliphatic rings. The van der Waals surface area contributed by atoms with Crippen LogP contribution in [0.3, 0.4) is 0 Å². The van der Waals surface area contributed by atoms with E-state index in [1.54, 1.807) is 0 Å². The summed E-state index contributed by atoms with van der Waals surface area (Å²) < 4.78 is 0. The zero-order valence-corrected chi connectivity index (χ0v) is 13.9. The molecule has 2 atom stereocenters. The lowest BCUT2D eigenvalue weighted by Gasteiger charge is -2.33. The molecule has 23 heavy (non-hydrogen) atoms. The molecule has 0 saturated carbocycles. The van der Waals surface area contributed by atoms with Crippen molar-refractivity contribution in [3.8, 4) is 0 Å². The zero-order valence-electron chi connectivity index (χ0n) is 13.9. The highest BCUT2D eigenvalue weighted by Crippen LogP contribution is 2.38. The van der Waals surface area contributed by atoms with Crippen LogP contribution in [-0.2, 0) is 4.79 Å². The number of carbonyl (C=O) groups excluding carboxylic acids is 1. The summed E-state index contributed by atoms with van der Waals surface area (Å²) in [5.74, 6) is 0.103. The standard InChI is InChI=1S/C18H24N4O/c1-3-8-22-15-7-5-4-6-14(15)17(19-11-16(22)23)18-9-13(10-20-18)21(2)12-18/h4-7,13,20H,3,8-12H2,1-2H3/t13-,18-/m0/s1. The molecule has 5 nitrogen and oxygen atoms in total. The van der Waals surface area contributed by atoms with Crippen molar-refractivity contribution < 1.29 is 4.79 Å². The van der Waals surface area contributed by atoms with Gasteiger partial charge in [0.15, 0.2) is 0 Å². The SMILES string of the molecule is CCCN1C(=O)CN=C([C@@]23C[C@@H](CN2)N(C)C3)c2ccccc21. The molecule has 0 radical (unpaired) electrons. The molecule has 2 bridgehead atoms. The number of piperazine rings is 1. The summed E-state index contributed by atoms with van der Waals surface area (Å²) in [6, 6.07) is 8.83. The first-order valence-electron chi connectivity index (χ1n) is 8.54. The van der Waals surface area contributed by atoms with Crippen molar-refractivity contribution in [2.24, 2.45) is 4.99 Å². The molecular formula is C18H24N4O. The van der Waals surface area contributed by atoms with Crippen molar-refractivity contribution in [1.82, 2.24) is 10.2 Å². The van der Waals surface area contributed by atoms with Crippen LogP contribution in [0.5, 0.6) is 0 Å². The number of rotatable bonds is 3. The number of anilines is 1. The molecule has 0 spiro atoms. The van der Waals surface area contributed by atoms with Crippen molar-refractivity contribution in [3.63, 3.8) is 0 Å². The highest BCUT2D eigenvalue weighted by Gasteiger charge is 2.52. The maximum absolute atomic E-state index is 12.6. The molecule has 1 aromatic rings. The van der Waals surface area contributed by atoms with E-state index >= 15 is 0 Å². The number of nitrogens with one attached hydrogen (secondary N) is 1. The Labute approximate surface area is 137 Å². The molecule has 0 aromatic heterocycles. The fourth-order valence-electron chi connectivity index (χ4n) is 4.34. The monoisotopic (exact) mass is 312 g/mol. The summed E-state index contributed by atoms with van der Waals surface area (Å²) in [6.07, 6.45) is 2.03. The number of amides is 1. The Kier molecular flexibility index (Phi) is 3.50. The quantitative estimate of drug-likeness (QED) is 0.914. The van der Waals surface area contributed by atoms with E-state index in [2.05, 4.69) is 42.4 Å². The summed E-state index contributed by atoms with van der Waals surface area (Å²) in [5.41, 5.74) is 3.12. The molecule has 122 valence electrons. The predicted molar refractivity (Wildman–Crippen MR) is 92.3 cm³/mol. The summed E-state index contributed by atoms with van der Waals surface area (Å²) >= 11 is 0. The highest BCUT2D eigenvalue weighted by atomic mass is 16.2. The van der Waals surface area contributed by atoms with Gasteiger partial charge in [0, 0.05) is 31.2 Å². The van der Waals surface area contributed by atoms with Crippen molar-refractivity contribution in [1.29, 1.82) is 0 Å². The van der Waals surface area contributed by atoms with Crippen LogP contribution in [0.15, 0.2) is 29.3 Å². The molecule has 2 saturated heterocycles. The van der Waals surface area contributed by atoms with Crippen molar-refractivity contribution in [2.45, 2.75) is 31.3 Å². The maximum Gasteiger partial charge on any atom is 0.248 e. The van der Waals surface area contributed by atoms with Crippen LogP contribution in [0.1, 0.15) is 25.3 Å². The molecule has 1 aromatic carbocycles.